The fourth-order valence-electron chi connectivity index (χ4n) is 4.37. The second kappa shape index (κ2) is 7.09. The van der Waals surface area contributed by atoms with E-state index in [9.17, 15) is 4.79 Å². The van der Waals surface area contributed by atoms with Gasteiger partial charge in [-0.05, 0) is 37.2 Å². The number of fused-ring (bicyclic) bond motifs is 1. The van der Waals surface area contributed by atoms with Crippen molar-refractivity contribution in [3.8, 4) is 0 Å². The van der Waals surface area contributed by atoms with Crippen LogP contribution in [0.5, 0.6) is 0 Å². The molecule has 3 heterocycles. The van der Waals surface area contributed by atoms with Crippen LogP contribution < -0.4 is 10.2 Å². The van der Waals surface area contributed by atoms with E-state index in [0.29, 0.717) is 24.8 Å². The smallest absolute Gasteiger partial charge is 0.272 e. The van der Waals surface area contributed by atoms with Crippen LogP contribution in [0.4, 0.5) is 5.95 Å². The number of hydrogen-bond donors (Lipinski definition) is 2. The van der Waals surface area contributed by atoms with Gasteiger partial charge in [0, 0.05) is 36.5 Å². The Balaban J connectivity index is 1.37. The first-order valence-corrected chi connectivity index (χ1v) is 10.5. The fourth-order valence-corrected chi connectivity index (χ4v) is 4.37. The van der Waals surface area contributed by atoms with Crippen LogP contribution in [0.25, 0.3) is 0 Å². The summed E-state index contributed by atoms with van der Waals surface area (Å²) in [7, 11) is 0. The zero-order valence-electron chi connectivity index (χ0n) is 17.1. The van der Waals surface area contributed by atoms with Gasteiger partial charge in [0.05, 0.1) is 24.9 Å². The predicted octanol–water partition coefficient (Wildman–Crippen LogP) is 2.36. The number of aromatic amines is 1. The minimum absolute atomic E-state index is 0.0479. The van der Waals surface area contributed by atoms with Crippen LogP contribution in [-0.2, 0) is 11.2 Å². The van der Waals surface area contributed by atoms with Gasteiger partial charge in [-0.2, -0.15) is 5.10 Å². The molecular weight excluding hydrogens is 368 g/mol. The Morgan fingerprint density at radius 3 is 2.86 bits per heavy atom. The van der Waals surface area contributed by atoms with Gasteiger partial charge < -0.3 is 15.0 Å². The Hall–Kier alpha value is -2.48. The highest BCUT2D eigenvalue weighted by molar-refractivity contribution is 5.92. The van der Waals surface area contributed by atoms with Gasteiger partial charge in [0.25, 0.3) is 5.91 Å². The molecule has 29 heavy (non-hydrogen) atoms. The van der Waals surface area contributed by atoms with Crippen LogP contribution in [0.2, 0.25) is 0 Å². The molecule has 0 aromatic carbocycles. The summed E-state index contributed by atoms with van der Waals surface area (Å²) in [6.45, 7) is 7.49. The largest absolute Gasteiger partial charge is 0.378 e. The maximum absolute atomic E-state index is 12.8. The number of H-pyrrole nitrogens is 1. The Bertz CT molecular complexity index is 914. The molecule has 5 rings (SSSR count). The summed E-state index contributed by atoms with van der Waals surface area (Å²) in [6.07, 6.45) is 5.98. The van der Waals surface area contributed by atoms with Crippen molar-refractivity contribution in [1.82, 2.24) is 25.5 Å². The summed E-state index contributed by atoms with van der Waals surface area (Å²) >= 11 is 0. The van der Waals surface area contributed by atoms with E-state index >= 15 is 0 Å². The Labute approximate surface area is 170 Å². The maximum Gasteiger partial charge on any atom is 0.272 e. The van der Waals surface area contributed by atoms with Crippen molar-refractivity contribution in [2.75, 3.05) is 31.2 Å². The summed E-state index contributed by atoms with van der Waals surface area (Å²) < 4.78 is 5.44. The van der Waals surface area contributed by atoms with Crippen LogP contribution in [0.1, 0.15) is 72.5 Å². The lowest BCUT2D eigenvalue weighted by Gasteiger charge is -2.37. The third-order valence-electron chi connectivity index (χ3n) is 6.11. The molecule has 2 N–H and O–H groups in total. The summed E-state index contributed by atoms with van der Waals surface area (Å²) in [5.74, 6) is 1.17. The van der Waals surface area contributed by atoms with E-state index in [4.69, 9.17) is 9.72 Å². The molecule has 2 fully saturated rings. The molecule has 2 aliphatic carbocycles. The van der Waals surface area contributed by atoms with Gasteiger partial charge in [-0.25, -0.2) is 9.97 Å². The standard InChI is InChI=1S/C21H28N6O2/c1-21(2)10-17(23-19(28)16-9-15(25-26-16)13-3-4-13)14-12-22-20(24-18(14)11-21)27-5-7-29-8-6-27/h9,12-13,17H,3-8,10-11H2,1-2H3,(H,23,28)(H,25,26)/t17-/m0/s1. The van der Waals surface area contributed by atoms with Crippen LogP contribution >= 0.6 is 0 Å². The number of rotatable bonds is 4. The average molecular weight is 396 g/mol. The van der Waals surface area contributed by atoms with Gasteiger partial charge in [0.15, 0.2) is 0 Å². The van der Waals surface area contributed by atoms with Gasteiger partial charge >= 0.3 is 0 Å². The minimum atomic E-state index is -0.140. The number of nitrogens with one attached hydrogen (secondary N) is 2. The Kier molecular flexibility index (Phi) is 4.53. The van der Waals surface area contributed by atoms with E-state index in [1.165, 1.54) is 12.8 Å². The lowest BCUT2D eigenvalue weighted by Crippen LogP contribution is -2.39. The number of hydrogen-bond acceptors (Lipinski definition) is 6. The number of aromatic nitrogens is 4. The normalized spacial score (nSPS) is 23.5. The Morgan fingerprint density at radius 1 is 1.31 bits per heavy atom. The lowest BCUT2D eigenvalue weighted by atomic mass is 9.74. The maximum atomic E-state index is 12.8. The highest BCUT2D eigenvalue weighted by Crippen LogP contribution is 2.41. The third-order valence-corrected chi connectivity index (χ3v) is 6.11. The summed E-state index contributed by atoms with van der Waals surface area (Å²) in [5, 5.41) is 10.4. The SMILES string of the molecule is CC1(C)Cc2nc(N3CCOCC3)ncc2[C@@H](NC(=O)c2cc(C3CC3)[nH]n2)C1. The minimum Gasteiger partial charge on any atom is -0.378 e. The number of ether oxygens (including phenoxy) is 1. The Morgan fingerprint density at radius 2 is 2.10 bits per heavy atom. The van der Waals surface area contributed by atoms with E-state index < -0.39 is 0 Å². The third kappa shape index (κ3) is 3.85. The number of morpholine rings is 1. The molecule has 1 amide bonds. The summed E-state index contributed by atoms with van der Waals surface area (Å²) in [6, 6.07) is 1.78. The molecule has 1 saturated heterocycles. The van der Waals surface area contributed by atoms with Crippen molar-refractivity contribution in [3.05, 3.63) is 34.9 Å². The molecule has 0 unspecified atom stereocenters. The van der Waals surface area contributed by atoms with Crippen LogP contribution in [0.15, 0.2) is 12.3 Å². The number of carbonyl (C=O) groups is 1. The van der Waals surface area contributed by atoms with Crippen LogP contribution in [0.3, 0.4) is 0 Å². The zero-order chi connectivity index (χ0) is 20.0. The first kappa shape index (κ1) is 18.5. The molecule has 1 atom stereocenters. The van der Waals surface area contributed by atoms with E-state index in [1.54, 1.807) is 0 Å². The summed E-state index contributed by atoms with van der Waals surface area (Å²) in [5.41, 5.74) is 3.63. The van der Waals surface area contributed by atoms with E-state index in [0.717, 1.165) is 48.8 Å². The van der Waals surface area contributed by atoms with Crippen molar-refractivity contribution in [2.24, 2.45) is 5.41 Å². The van der Waals surface area contributed by atoms with Gasteiger partial charge in [-0.1, -0.05) is 13.8 Å². The van der Waals surface area contributed by atoms with E-state index in [2.05, 4.69) is 39.2 Å². The molecule has 0 bridgehead atoms. The van der Waals surface area contributed by atoms with Crippen LogP contribution in [-0.4, -0.2) is 52.4 Å². The van der Waals surface area contributed by atoms with Crippen molar-refractivity contribution in [2.45, 2.75) is 51.5 Å². The van der Waals surface area contributed by atoms with Crippen molar-refractivity contribution in [3.63, 3.8) is 0 Å². The molecule has 2 aromatic heterocycles. The monoisotopic (exact) mass is 396 g/mol. The van der Waals surface area contributed by atoms with E-state index in [-0.39, 0.29) is 17.4 Å². The zero-order valence-corrected chi connectivity index (χ0v) is 17.1. The van der Waals surface area contributed by atoms with E-state index in [1.807, 2.05) is 12.3 Å². The molecule has 8 nitrogen and oxygen atoms in total. The van der Waals surface area contributed by atoms with Gasteiger partial charge in [0.2, 0.25) is 5.95 Å². The van der Waals surface area contributed by atoms with Crippen molar-refractivity contribution in [1.29, 1.82) is 0 Å². The number of anilines is 1. The molecule has 1 aliphatic heterocycles. The van der Waals surface area contributed by atoms with Crippen molar-refractivity contribution >= 4 is 11.9 Å². The lowest BCUT2D eigenvalue weighted by molar-refractivity contribution is 0.0913. The molecule has 1 saturated carbocycles. The fraction of sp³-hybridized carbons (Fsp3) is 0.619. The first-order chi connectivity index (χ1) is 14.0. The van der Waals surface area contributed by atoms with Crippen molar-refractivity contribution < 1.29 is 9.53 Å². The molecular formula is C21H28N6O2. The number of nitrogens with zero attached hydrogens (tertiary/aromatic N) is 4. The molecule has 154 valence electrons. The second-order valence-electron chi connectivity index (χ2n) is 9.23. The second-order valence-corrected chi connectivity index (χ2v) is 9.23. The summed E-state index contributed by atoms with van der Waals surface area (Å²) in [4.78, 5) is 24.5. The molecule has 8 heteroatoms. The van der Waals surface area contributed by atoms with Gasteiger partial charge in [-0.15, -0.1) is 0 Å². The highest BCUT2D eigenvalue weighted by Gasteiger charge is 2.35. The molecule has 3 aliphatic rings. The highest BCUT2D eigenvalue weighted by atomic mass is 16.5. The predicted molar refractivity (Wildman–Crippen MR) is 108 cm³/mol. The van der Waals surface area contributed by atoms with Crippen LogP contribution in [0, 0.1) is 5.41 Å². The first-order valence-electron chi connectivity index (χ1n) is 10.5. The van der Waals surface area contributed by atoms with Gasteiger partial charge in [0.1, 0.15) is 5.69 Å². The van der Waals surface area contributed by atoms with Gasteiger partial charge in [-0.3, -0.25) is 9.89 Å². The topological polar surface area (TPSA) is 96.0 Å². The number of amides is 1. The average Bonchev–Trinajstić information content (AvgIpc) is 3.43. The number of carbonyl (C=O) groups excluding carboxylic acids is 1. The molecule has 0 spiro atoms. The quantitative estimate of drug-likeness (QED) is 0.824. The molecule has 0 radical (unpaired) electrons. The molecule has 2 aromatic rings.